The molecule has 0 spiro atoms. The van der Waals surface area contributed by atoms with Crippen LogP contribution in [0, 0.1) is 0 Å². The third kappa shape index (κ3) is 3.45. The number of carbonyl (C=O) groups is 1. The maximum absolute atomic E-state index is 11.1. The molecule has 2 N–H and O–H groups in total. The quantitative estimate of drug-likeness (QED) is 0.929. The van der Waals surface area contributed by atoms with Crippen molar-refractivity contribution >= 4 is 33.4 Å². The fraction of sp³-hybridized carbons (Fsp3) is 0.0769. The summed E-state index contributed by atoms with van der Waals surface area (Å²) in [5.74, 6) is -0.0723. The molecular weight excluding hydrogens is 332 g/mol. The van der Waals surface area contributed by atoms with E-state index in [2.05, 4.69) is 20.9 Å². The van der Waals surface area contributed by atoms with Crippen molar-refractivity contribution in [2.45, 2.75) is 6.61 Å². The summed E-state index contributed by atoms with van der Waals surface area (Å²) in [6, 6.07) is 6.78. The van der Waals surface area contributed by atoms with Crippen LogP contribution in [0.3, 0.4) is 0 Å². The van der Waals surface area contributed by atoms with Crippen LogP contribution in [0.25, 0.3) is 0 Å². The fourth-order valence-corrected chi connectivity index (χ4v) is 2.44. The third-order valence-electron chi connectivity index (χ3n) is 2.39. The van der Waals surface area contributed by atoms with Crippen LogP contribution in [0.5, 0.6) is 5.75 Å². The second-order valence-electron chi connectivity index (χ2n) is 3.78. The molecule has 4 nitrogen and oxygen atoms in total. The number of hydrogen-bond donors (Lipinski definition) is 1. The SMILES string of the molecule is NC(=O)c1cc(Cl)c(OCc2cccnc2)c(Br)c1. The third-order valence-corrected chi connectivity index (χ3v) is 3.26. The lowest BCUT2D eigenvalue weighted by Crippen LogP contribution is -2.11. The number of benzene rings is 1. The molecule has 0 aliphatic heterocycles. The van der Waals surface area contributed by atoms with Crippen molar-refractivity contribution in [2.75, 3.05) is 0 Å². The number of primary amides is 1. The number of carbonyl (C=O) groups excluding carboxylic acids is 1. The maximum Gasteiger partial charge on any atom is 0.248 e. The van der Waals surface area contributed by atoms with Crippen molar-refractivity contribution in [3.8, 4) is 5.75 Å². The van der Waals surface area contributed by atoms with Crippen LogP contribution in [-0.2, 0) is 6.61 Å². The van der Waals surface area contributed by atoms with Gasteiger partial charge < -0.3 is 10.5 Å². The van der Waals surface area contributed by atoms with Crippen LogP contribution < -0.4 is 10.5 Å². The molecular formula is C13H10BrClN2O2. The number of pyridine rings is 1. The topological polar surface area (TPSA) is 65.2 Å². The number of rotatable bonds is 4. The van der Waals surface area contributed by atoms with Gasteiger partial charge >= 0.3 is 0 Å². The zero-order valence-corrected chi connectivity index (χ0v) is 12.1. The predicted molar refractivity (Wildman–Crippen MR) is 76.2 cm³/mol. The average molecular weight is 342 g/mol. The zero-order chi connectivity index (χ0) is 13.8. The van der Waals surface area contributed by atoms with Gasteiger partial charge in [-0.3, -0.25) is 9.78 Å². The minimum Gasteiger partial charge on any atom is -0.486 e. The van der Waals surface area contributed by atoms with E-state index in [1.54, 1.807) is 18.5 Å². The first-order valence-electron chi connectivity index (χ1n) is 5.38. The Labute approximate surface area is 123 Å². The van der Waals surface area contributed by atoms with Gasteiger partial charge in [-0.1, -0.05) is 17.7 Å². The van der Waals surface area contributed by atoms with Crippen LogP contribution in [0.2, 0.25) is 5.02 Å². The van der Waals surface area contributed by atoms with Gasteiger partial charge in [-0.05, 0) is 34.1 Å². The molecule has 0 aliphatic rings. The molecule has 1 aromatic heterocycles. The summed E-state index contributed by atoms with van der Waals surface area (Å²) in [5, 5.41) is 0.326. The van der Waals surface area contributed by atoms with Crippen LogP contribution in [0.1, 0.15) is 15.9 Å². The van der Waals surface area contributed by atoms with Crippen molar-refractivity contribution in [1.82, 2.24) is 4.98 Å². The smallest absolute Gasteiger partial charge is 0.248 e. The molecule has 2 aromatic rings. The average Bonchev–Trinajstić information content (AvgIpc) is 2.38. The van der Waals surface area contributed by atoms with Gasteiger partial charge in [0.25, 0.3) is 0 Å². The molecule has 0 fully saturated rings. The van der Waals surface area contributed by atoms with Gasteiger partial charge in [0.1, 0.15) is 6.61 Å². The van der Waals surface area contributed by atoms with Crippen molar-refractivity contribution in [1.29, 1.82) is 0 Å². The molecule has 19 heavy (non-hydrogen) atoms. The second-order valence-corrected chi connectivity index (χ2v) is 5.04. The number of nitrogens with zero attached hydrogens (tertiary/aromatic N) is 1. The van der Waals surface area contributed by atoms with E-state index in [1.807, 2.05) is 12.1 Å². The Hall–Kier alpha value is -1.59. The first-order chi connectivity index (χ1) is 9.08. The largest absolute Gasteiger partial charge is 0.486 e. The van der Waals surface area contributed by atoms with Crippen molar-refractivity contribution in [3.63, 3.8) is 0 Å². The molecule has 0 unspecified atom stereocenters. The Kier molecular flexibility index (Phi) is 4.39. The Bertz CT molecular complexity index is 582. The molecule has 1 aromatic carbocycles. The number of amides is 1. The van der Waals surface area contributed by atoms with E-state index < -0.39 is 5.91 Å². The molecule has 2 rings (SSSR count). The highest BCUT2D eigenvalue weighted by Crippen LogP contribution is 2.34. The van der Waals surface area contributed by atoms with Crippen LogP contribution in [0.15, 0.2) is 41.1 Å². The van der Waals surface area contributed by atoms with E-state index in [0.717, 1.165) is 5.56 Å². The van der Waals surface area contributed by atoms with Crippen LogP contribution in [-0.4, -0.2) is 10.9 Å². The first kappa shape index (κ1) is 13.8. The van der Waals surface area contributed by atoms with Gasteiger partial charge in [0.2, 0.25) is 5.91 Å². The molecule has 0 saturated carbocycles. The Balaban J connectivity index is 2.19. The number of halogens is 2. The molecule has 0 bridgehead atoms. The Morgan fingerprint density at radius 2 is 2.26 bits per heavy atom. The second kappa shape index (κ2) is 6.04. The van der Waals surface area contributed by atoms with Crippen molar-refractivity contribution < 1.29 is 9.53 Å². The molecule has 0 aliphatic carbocycles. The summed E-state index contributed by atoms with van der Waals surface area (Å²) in [4.78, 5) is 15.1. The summed E-state index contributed by atoms with van der Waals surface area (Å²) in [6.45, 7) is 0.335. The molecule has 0 atom stereocenters. The maximum atomic E-state index is 11.1. The Morgan fingerprint density at radius 3 is 2.84 bits per heavy atom. The van der Waals surface area contributed by atoms with E-state index >= 15 is 0 Å². The number of hydrogen-bond acceptors (Lipinski definition) is 3. The lowest BCUT2D eigenvalue weighted by molar-refractivity contribution is 0.1000. The minimum atomic E-state index is -0.540. The van der Waals surface area contributed by atoms with Gasteiger partial charge in [-0.15, -0.1) is 0 Å². The predicted octanol–water partition coefficient (Wildman–Crippen LogP) is 3.18. The minimum absolute atomic E-state index is 0.325. The normalized spacial score (nSPS) is 10.2. The molecule has 1 amide bonds. The van der Waals surface area contributed by atoms with E-state index in [9.17, 15) is 4.79 Å². The lowest BCUT2D eigenvalue weighted by Gasteiger charge is -2.11. The van der Waals surface area contributed by atoms with Gasteiger partial charge in [0, 0.05) is 23.5 Å². The van der Waals surface area contributed by atoms with Gasteiger partial charge in [-0.25, -0.2) is 0 Å². The van der Waals surface area contributed by atoms with E-state index in [4.69, 9.17) is 22.1 Å². The van der Waals surface area contributed by atoms with E-state index in [0.29, 0.717) is 27.4 Å². The highest BCUT2D eigenvalue weighted by atomic mass is 79.9. The fourth-order valence-electron chi connectivity index (χ4n) is 1.48. The van der Waals surface area contributed by atoms with Crippen LogP contribution >= 0.6 is 27.5 Å². The summed E-state index contributed by atoms with van der Waals surface area (Å²) in [7, 11) is 0. The Morgan fingerprint density at radius 1 is 1.47 bits per heavy atom. The van der Waals surface area contributed by atoms with E-state index in [1.165, 1.54) is 6.07 Å². The van der Waals surface area contributed by atoms with Crippen molar-refractivity contribution in [3.05, 3.63) is 57.3 Å². The molecule has 6 heteroatoms. The number of ether oxygens (including phenoxy) is 1. The molecule has 98 valence electrons. The summed E-state index contributed by atoms with van der Waals surface area (Å²) < 4.78 is 6.20. The number of aromatic nitrogens is 1. The van der Waals surface area contributed by atoms with E-state index in [-0.39, 0.29) is 0 Å². The molecule has 0 saturated heterocycles. The zero-order valence-electron chi connectivity index (χ0n) is 9.77. The van der Waals surface area contributed by atoms with Crippen LogP contribution in [0.4, 0.5) is 0 Å². The van der Waals surface area contributed by atoms with Crippen molar-refractivity contribution in [2.24, 2.45) is 5.73 Å². The first-order valence-corrected chi connectivity index (χ1v) is 6.55. The summed E-state index contributed by atoms with van der Waals surface area (Å²) >= 11 is 9.37. The molecule has 0 radical (unpaired) electrons. The summed E-state index contributed by atoms with van der Waals surface area (Å²) in [6.07, 6.45) is 3.40. The monoisotopic (exact) mass is 340 g/mol. The molecule has 1 heterocycles. The standard InChI is InChI=1S/C13H10BrClN2O2/c14-10-4-9(13(16)18)5-11(15)12(10)19-7-8-2-1-3-17-6-8/h1-6H,7H2,(H2,16,18). The number of nitrogens with two attached hydrogens (primary N) is 1. The highest BCUT2D eigenvalue weighted by molar-refractivity contribution is 9.10. The highest BCUT2D eigenvalue weighted by Gasteiger charge is 2.12. The summed E-state index contributed by atoms with van der Waals surface area (Å²) in [5.41, 5.74) is 6.44. The van der Waals surface area contributed by atoms with Gasteiger partial charge in [0.05, 0.1) is 9.50 Å². The van der Waals surface area contributed by atoms with Gasteiger partial charge in [-0.2, -0.15) is 0 Å². The van der Waals surface area contributed by atoms with Gasteiger partial charge in [0.15, 0.2) is 5.75 Å². The lowest BCUT2D eigenvalue weighted by atomic mass is 10.2.